The molecule has 1 aromatic heterocycles. The minimum atomic E-state index is -3.72. The minimum absolute atomic E-state index is 0.0797. The van der Waals surface area contributed by atoms with Gasteiger partial charge in [0, 0.05) is 6.42 Å². The number of hydrogen-bond acceptors (Lipinski definition) is 5. The molecule has 1 rings (SSSR count). The Morgan fingerprint density at radius 1 is 1.44 bits per heavy atom. The fourth-order valence-corrected chi connectivity index (χ4v) is 2.98. The van der Waals surface area contributed by atoms with E-state index in [1.165, 1.54) is 6.07 Å². The Hall–Kier alpha value is -0.990. The number of nitrogens with one attached hydrogen (secondary N) is 2. The molecule has 1 heterocycles. The van der Waals surface area contributed by atoms with E-state index in [4.69, 9.17) is 0 Å². The largest absolute Gasteiger partial charge is 0.278 e. The van der Waals surface area contributed by atoms with Crippen molar-refractivity contribution in [2.45, 2.75) is 38.3 Å². The first-order chi connectivity index (χ1) is 8.10. The first-order valence-corrected chi connectivity index (χ1v) is 7.60. The second kappa shape index (κ2) is 5.33. The maximum Gasteiger partial charge on any atom is 0.268 e. The lowest BCUT2D eigenvalue weighted by molar-refractivity contribution is -0.123. The number of nitrogens with zero attached hydrogens (tertiary/aromatic N) is 1. The van der Waals surface area contributed by atoms with Crippen LogP contribution in [0.2, 0.25) is 0 Å². The van der Waals surface area contributed by atoms with Crippen LogP contribution in [0.4, 0.5) is 0 Å². The van der Waals surface area contributed by atoms with Crippen LogP contribution in [0.25, 0.3) is 0 Å². The van der Waals surface area contributed by atoms with Crippen LogP contribution in [0.5, 0.6) is 0 Å². The first-order valence-electron chi connectivity index (χ1n) is 5.34. The van der Waals surface area contributed by atoms with Crippen molar-refractivity contribution in [3.05, 3.63) is 11.8 Å². The summed E-state index contributed by atoms with van der Waals surface area (Å²) in [6.07, 6.45) is 0.233. The molecule has 6 nitrogen and oxygen atoms in total. The summed E-state index contributed by atoms with van der Waals surface area (Å²) < 4.78 is 27.5. The molecule has 0 saturated heterocycles. The second-order valence-electron chi connectivity index (χ2n) is 5.18. The van der Waals surface area contributed by atoms with Crippen LogP contribution in [0.1, 0.15) is 32.9 Å². The maximum atomic E-state index is 11.8. The van der Waals surface area contributed by atoms with Gasteiger partial charge in [-0.2, -0.15) is 4.37 Å². The number of carbonyl (C=O) groups excluding carboxylic acids is 1. The Morgan fingerprint density at radius 3 is 2.50 bits per heavy atom. The summed E-state index contributed by atoms with van der Waals surface area (Å²) in [5.74, 6) is -0.368. The summed E-state index contributed by atoms with van der Waals surface area (Å²) >= 11 is 0.870. The predicted molar refractivity (Wildman–Crippen MR) is 69.4 cm³/mol. The minimum Gasteiger partial charge on any atom is -0.278 e. The van der Waals surface area contributed by atoms with Gasteiger partial charge in [0.25, 0.3) is 10.0 Å². The van der Waals surface area contributed by atoms with Gasteiger partial charge in [-0.15, -0.1) is 4.83 Å². The highest BCUT2D eigenvalue weighted by Gasteiger charge is 2.20. The van der Waals surface area contributed by atoms with Crippen molar-refractivity contribution in [2.24, 2.45) is 5.41 Å². The lowest BCUT2D eigenvalue weighted by Crippen LogP contribution is -2.42. The van der Waals surface area contributed by atoms with E-state index in [0.717, 1.165) is 11.5 Å². The van der Waals surface area contributed by atoms with Crippen molar-refractivity contribution in [2.75, 3.05) is 0 Å². The van der Waals surface area contributed by atoms with Gasteiger partial charge in [0.15, 0.2) is 4.21 Å². The summed E-state index contributed by atoms with van der Waals surface area (Å²) in [6, 6.07) is 1.45. The molecule has 0 saturated carbocycles. The highest BCUT2D eigenvalue weighted by molar-refractivity contribution is 7.91. The van der Waals surface area contributed by atoms with E-state index in [0.29, 0.717) is 5.69 Å². The van der Waals surface area contributed by atoms with E-state index in [2.05, 4.69) is 14.6 Å². The Balaban J connectivity index is 2.61. The van der Waals surface area contributed by atoms with Crippen molar-refractivity contribution >= 4 is 27.5 Å². The van der Waals surface area contributed by atoms with Gasteiger partial charge in [0.05, 0.1) is 5.69 Å². The smallest absolute Gasteiger partial charge is 0.268 e. The summed E-state index contributed by atoms with van der Waals surface area (Å²) in [5.41, 5.74) is 2.62. The molecular formula is C10H17N3O3S2. The molecular weight excluding hydrogens is 274 g/mol. The monoisotopic (exact) mass is 291 g/mol. The van der Waals surface area contributed by atoms with E-state index in [1.807, 2.05) is 20.8 Å². The average molecular weight is 291 g/mol. The Labute approximate surface area is 111 Å². The number of sulfonamides is 1. The first kappa shape index (κ1) is 15.1. The quantitative estimate of drug-likeness (QED) is 0.816. The standard InChI is InChI=1S/C10H17N3O3S2/c1-7-5-9(17-12-7)18(15,16)13-11-8(14)6-10(2,3)4/h5,13H,6H2,1-4H3,(H,11,14). The number of aryl methyl sites for hydroxylation is 1. The SMILES string of the molecule is Cc1cc(S(=O)(=O)NNC(=O)CC(C)(C)C)sn1. The van der Waals surface area contributed by atoms with Crippen LogP contribution in [0, 0.1) is 12.3 Å². The van der Waals surface area contributed by atoms with Gasteiger partial charge >= 0.3 is 0 Å². The molecule has 0 spiro atoms. The van der Waals surface area contributed by atoms with Gasteiger partial charge in [-0.3, -0.25) is 10.2 Å². The zero-order valence-corrected chi connectivity index (χ0v) is 12.4. The third kappa shape index (κ3) is 4.71. The number of rotatable bonds is 4. The Bertz CT molecular complexity index is 529. The zero-order valence-electron chi connectivity index (χ0n) is 10.8. The molecule has 1 aromatic rings. The summed E-state index contributed by atoms with van der Waals surface area (Å²) in [4.78, 5) is 13.5. The Kier molecular flexibility index (Phi) is 4.46. The highest BCUT2D eigenvalue weighted by Crippen LogP contribution is 2.18. The van der Waals surface area contributed by atoms with Gasteiger partial charge in [0.2, 0.25) is 5.91 Å². The molecule has 18 heavy (non-hydrogen) atoms. The van der Waals surface area contributed by atoms with Crippen molar-refractivity contribution in [3.63, 3.8) is 0 Å². The van der Waals surface area contributed by atoms with E-state index < -0.39 is 10.0 Å². The van der Waals surface area contributed by atoms with Crippen LogP contribution >= 0.6 is 11.5 Å². The molecule has 0 bridgehead atoms. The van der Waals surface area contributed by atoms with Crippen molar-refractivity contribution in [1.29, 1.82) is 0 Å². The number of aromatic nitrogens is 1. The van der Waals surface area contributed by atoms with Crippen molar-refractivity contribution in [1.82, 2.24) is 14.6 Å². The third-order valence-electron chi connectivity index (χ3n) is 1.89. The van der Waals surface area contributed by atoms with Crippen LogP contribution < -0.4 is 10.3 Å². The molecule has 0 fully saturated rings. The second-order valence-corrected chi connectivity index (χ2v) is 7.89. The van der Waals surface area contributed by atoms with E-state index in [1.54, 1.807) is 6.92 Å². The molecule has 0 aliphatic heterocycles. The van der Waals surface area contributed by atoms with Gasteiger partial charge in [-0.25, -0.2) is 8.42 Å². The molecule has 2 N–H and O–H groups in total. The summed E-state index contributed by atoms with van der Waals surface area (Å²) in [6.45, 7) is 7.39. The molecule has 0 aliphatic carbocycles. The van der Waals surface area contributed by atoms with Crippen molar-refractivity contribution in [3.8, 4) is 0 Å². The highest BCUT2D eigenvalue weighted by atomic mass is 32.2. The third-order valence-corrected chi connectivity index (χ3v) is 4.46. The van der Waals surface area contributed by atoms with Crippen LogP contribution in [0.15, 0.2) is 10.3 Å². The predicted octanol–water partition coefficient (Wildman–Crippen LogP) is 1.20. The van der Waals surface area contributed by atoms with E-state index in [-0.39, 0.29) is 22.0 Å². The van der Waals surface area contributed by atoms with Gasteiger partial charge < -0.3 is 0 Å². The number of amides is 1. The number of hydrazine groups is 1. The normalized spacial score (nSPS) is 12.4. The maximum absolute atomic E-state index is 11.8. The molecule has 0 radical (unpaired) electrons. The van der Waals surface area contributed by atoms with Gasteiger partial charge in [-0.1, -0.05) is 20.8 Å². The molecule has 0 atom stereocenters. The molecule has 102 valence electrons. The van der Waals surface area contributed by atoms with E-state index >= 15 is 0 Å². The molecule has 8 heteroatoms. The zero-order chi connectivity index (χ0) is 14.0. The van der Waals surface area contributed by atoms with Crippen LogP contribution in [-0.4, -0.2) is 18.7 Å². The summed E-state index contributed by atoms with van der Waals surface area (Å²) in [5, 5.41) is 0. The summed E-state index contributed by atoms with van der Waals surface area (Å²) in [7, 11) is -3.72. The van der Waals surface area contributed by atoms with Crippen LogP contribution in [0.3, 0.4) is 0 Å². The van der Waals surface area contributed by atoms with Crippen LogP contribution in [-0.2, 0) is 14.8 Å². The lowest BCUT2D eigenvalue weighted by atomic mass is 9.92. The molecule has 0 aromatic carbocycles. The fraction of sp³-hybridized carbons (Fsp3) is 0.600. The lowest BCUT2D eigenvalue weighted by Gasteiger charge is -2.17. The fourth-order valence-electron chi connectivity index (χ4n) is 1.17. The topological polar surface area (TPSA) is 88.2 Å². The molecule has 1 amide bonds. The average Bonchev–Trinajstić information content (AvgIpc) is 2.60. The van der Waals surface area contributed by atoms with E-state index in [9.17, 15) is 13.2 Å². The molecule has 0 unspecified atom stereocenters. The van der Waals surface area contributed by atoms with Gasteiger partial charge in [0.1, 0.15) is 0 Å². The number of carbonyl (C=O) groups is 1. The van der Waals surface area contributed by atoms with Crippen molar-refractivity contribution < 1.29 is 13.2 Å². The molecule has 0 aliphatic rings. The number of hydrogen-bond donors (Lipinski definition) is 2. The Morgan fingerprint density at radius 2 is 2.06 bits per heavy atom. The van der Waals surface area contributed by atoms with Gasteiger partial charge in [-0.05, 0) is 29.9 Å².